The van der Waals surface area contributed by atoms with Crippen LogP contribution in [0.3, 0.4) is 0 Å². The lowest BCUT2D eigenvalue weighted by Crippen LogP contribution is -2.38. The second-order valence-electron chi connectivity index (χ2n) is 8.33. The van der Waals surface area contributed by atoms with Crippen LogP contribution in [-0.4, -0.2) is 38.5 Å². The fourth-order valence-corrected chi connectivity index (χ4v) is 5.74. The molecule has 7 nitrogen and oxygen atoms in total. The van der Waals surface area contributed by atoms with E-state index in [1.54, 1.807) is 13.0 Å². The highest BCUT2D eigenvalue weighted by Crippen LogP contribution is 2.29. The number of amides is 1. The standard InChI is InChI=1S/C23H31NO6S/c1-4-5-6-7-8-19-15(2)18-9-10-20(16(3)22(18)30-23(19)26)29-13-21(25)24-17-11-12-31(27,28)14-17/h9-10,17H,4-8,11-14H2,1-3H3,(H,24,25). The third-order valence-electron chi connectivity index (χ3n) is 5.89. The SMILES string of the molecule is CCCCCCc1c(C)c2ccc(OCC(=O)NC3CCS(=O)(=O)C3)c(C)c2oc1=O. The molecule has 1 amide bonds. The number of ether oxygens (including phenoxy) is 1. The molecule has 0 saturated carbocycles. The topological polar surface area (TPSA) is 103 Å². The Hall–Kier alpha value is -2.35. The molecule has 0 radical (unpaired) electrons. The van der Waals surface area contributed by atoms with Crippen LogP contribution in [0.2, 0.25) is 0 Å². The van der Waals surface area contributed by atoms with Crippen LogP contribution < -0.4 is 15.7 Å². The van der Waals surface area contributed by atoms with E-state index in [0.717, 1.165) is 42.2 Å². The molecule has 1 fully saturated rings. The van der Waals surface area contributed by atoms with Gasteiger partial charge in [0.05, 0.1) is 11.5 Å². The van der Waals surface area contributed by atoms with Crippen LogP contribution >= 0.6 is 0 Å². The largest absolute Gasteiger partial charge is 0.483 e. The fraction of sp³-hybridized carbons (Fsp3) is 0.565. The number of fused-ring (bicyclic) bond motifs is 1. The second-order valence-corrected chi connectivity index (χ2v) is 10.6. The van der Waals surface area contributed by atoms with Crippen LogP contribution in [0.4, 0.5) is 0 Å². The first-order valence-electron chi connectivity index (χ1n) is 10.9. The van der Waals surface area contributed by atoms with Crippen molar-refractivity contribution in [1.82, 2.24) is 5.32 Å². The molecule has 0 spiro atoms. The number of carbonyl (C=O) groups excluding carboxylic acids is 1. The Kier molecular flexibility index (Phi) is 7.41. The van der Waals surface area contributed by atoms with E-state index in [9.17, 15) is 18.0 Å². The lowest BCUT2D eigenvalue weighted by atomic mass is 9.99. The molecule has 31 heavy (non-hydrogen) atoms. The minimum absolute atomic E-state index is 0.0288. The van der Waals surface area contributed by atoms with Crippen molar-refractivity contribution in [1.29, 1.82) is 0 Å². The van der Waals surface area contributed by atoms with Gasteiger partial charge in [0.15, 0.2) is 16.4 Å². The molecule has 3 rings (SSSR count). The predicted molar refractivity (Wildman–Crippen MR) is 121 cm³/mol. The molecule has 2 heterocycles. The van der Waals surface area contributed by atoms with Crippen LogP contribution in [-0.2, 0) is 21.1 Å². The van der Waals surface area contributed by atoms with Gasteiger partial charge in [-0.15, -0.1) is 0 Å². The minimum Gasteiger partial charge on any atom is -0.483 e. The molecule has 8 heteroatoms. The molecule has 1 aromatic heterocycles. The number of hydrogen-bond acceptors (Lipinski definition) is 6. The first kappa shape index (κ1) is 23.3. The number of rotatable bonds is 9. The molecule has 2 aromatic rings. The monoisotopic (exact) mass is 449 g/mol. The summed E-state index contributed by atoms with van der Waals surface area (Å²) in [5, 5.41) is 3.57. The Balaban J connectivity index is 1.70. The summed E-state index contributed by atoms with van der Waals surface area (Å²) in [6, 6.07) is 3.27. The van der Waals surface area contributed by atoms with Gasteiger partial charge in [-0.1, -0.05) is 26.2 Å². The summed E-state index contributed by atoms with van der Waals surface area (Å²) in [6.45, 7) is 5.66. The number of aryl methyl sites for hydroxylation is 2. The highest BCUT2D eigenvalue weighted by atomic mass is 32.2. The molecule has 0 bridgehead atoms. The summed E-state index contributed by atoms with van der Waals surface area (Å²) in [5.74, 6) is 0.155. The van der Waals surface area contributed by atoms with Gasteiger partial charge in [-0.3, -0.25) is 4.79 Å². The van der Waals surface area contributed by atoms with Crippen molar-refractivity contribution < 1.29 is 22.4 Å². The smallest absolute Gasteiger partial charge is 0.339 e. The van der Waals surface area contributed by atoms with Gasteiger partial charge in [-0.25, -0.2) is 13.2 Å². The first-order valence-corrected chi connectivity index (χ1v) is 12.7. The van der Waals surface area contributed by atoms with Gasteiger partial charge in [0, 0.05) is 22.6 Å². The van der Waals surface area contributed by atoms with E-state index in [4.69, 9.17) is 9.15 Å². The van der Waals surface area contributed by atoms with Crippen LogP contribution in [0, 0.1) is 13.8 Å². The Bertz CT molecular complexity index is 1120. The Labute approximate surface area is 183 Å². The Morgan fingerprint density at radius 1 is 1.19 bits per heavy atom. The van der Waals surface area contributed by atoms with Gasteiger partial charge in [0.1, 0.15) is 11.3 Å². The molecule has 1 aliphatic heterocycles. The van der Waals surface area contributed by atoms with Crippen molar-refractivity contribution in [3.8, 4) is 5.75 Å². The molecule has 1 unspecified atom stereocenters. The summed E-state index contributed by atoms with van der Waals surface area (Å²) in [5.41, 5.74) is 2.47. The molecule has 170 valence electrons. The van der Waals surface area contributed by atoms with E-state index in [1.807, 2.05) is 13.0 Å². The van der Waals surface area contributed by atoms with Crippen molar-refractivity contribution in [2.45, 2.75) is 65.3 Å². The zero-order valence-electron chi connectivity index (χ0n) is 18.5. The van der Waals surface area contributed by atoms with Gasteiger partial charge in [0.2, 0.25) is 0 Å². The summed E-state index contributed by atoms with van der Waals surface area (Å²) in [6.07, 6.45) is 5.48. The van der Waals surface area contributed by atoms with Crippen LogP contribution in [0.5, 0.6) is 5.75 Å². The van der Waals surface area contributed by atoms with Crippen LogP contribution in [0.25, 0.3) is 11.0 Å². The normalized spacial score (nSPS) is 17.7. The van der Waals surface area contributed by atoms with Crippen molar-refractivity contribution >= 4 is 26.7 Å². The quantitative estimate of drug-likeness (QED) is 0.466. The van der Waals surface area contributed by atoms with Gasteiger partial charge in [-0.2, -0.15) is 0 Å². The zero-order chi connectivity index (χ0) is 22.6. The lowest BCUT2D eigenvalue weighted by Gasteiger charge is -2.14. The van der Waals surface area contributed by atoms with Gasteiger partial charge in [0.25, 0.3) is 5.91 Å². The van der Waals surface area contributed by atoms with E-state index < -0.39 is 9.84 Å². The zero-order valence-corrected chi connectivity index (χ0v) is 19.3. The lowest BCUT2D eigenvalue weighted by molar-refractivity contribution is -0.123. The maximum Gasteiger partial charge on any atom is 0.339 e. The van der Waals surface area contributed by atoms with Crippen molar-refractivity contribution in [3.05, 3.63) is 39.2 Å². The van der Waals surface area contributed by atoms with Gasteiger partial charge in [-0.05, 0) is 50.8 Å². The average Bonchev–Trinajstić information content (AvgIpc) is 3.05. The Morgan fingerprint density at radius 2 is 1.97 bits per heavy atom. The molecule has 1 atom stereocenters. The van der Waals surface area contributed by atoms with Crippen LogP contribution in [0.1, 0.15) is 55.7 Å². The number of unbranched alkanes of at least 4 members (excludes halogenated alkanes) is 3. The third-order valence-corrected chi connectivity index (χ3v) is 7.66. The first-order chi connectivity index (χ1) is 14.7. The molecule has 0 aliphatic carbocycles. The maximum atomic E-state index is 12.6. The van der Waals surface area contributed by atoms with E-state index in [1.165, 1.54) is 0 Å². The summed E-state index contributed by atoms with van der Waals surface area (Å²) in [4.78, 5) is 24.7. The van der Waals surface area contributed by atoms with Gasteiger partial charge < -0.3 is 14.5 Å². The molecule has 1 aromatic carbocycles. The van der Waals surface area contributed by atoms with E-state index in [2.05, 4.69) is 12.2 Å². The van der Waals surface area contributed by atoms with Crippen molar-refractivity contribution in [2.75, 3.05) is 18.1 Å². The summed E-state index contributed by atoms with van der Waals surface area (Å²) in [7, 11) is -3.06. The van der Waals surface area contributed by atoms with Crippen LogP contribution in [0.15, 0.2) is 21.3 Å². The van der Waals surface area contributed by atoms with Crippen molar-refractivity contribution in [3.63, 3.8) is 0 Å². The maximum absolute atomic E-state index is 12.6. The number of hydrogen-bond donors (Lipinski definition) is 1. The number of nitrogens with one attached hydrogen (secondary N) is 1. The molecule has 1 aliphatic rings. The number of carbonyl (C=O) groups is 1. The predicted octanol–water partition coefficient (Wildman–Crippen LogP) is 3.21. The fourth-order valence-electron chi connectivity index (χ4n) is 4.07. The average molecular weight is 450 g/mol. The highest BCUT2D eigenvalue weighted by Gasteiger charge is 2.29. The molecule has 1 N–H and O–H groups in total. The number of sulfone groups is 1. The third kappa shape index (κ3) is 5.67. The number of benzene rings is 1. The van der Waals surface area contributed by atoms with E-state index >= 15 is 0 Å². The van der Waals surface area contributed by atoms with Crippen molar-refractivity contribution in [2.24, 2.45) is 0 Å². The minimum atomic E-state index is -3.06. The van der Waals surface area contributed by atoms with E-state index in [0.29, 0.717) is 29.7 Å². The molecular formula is C23H31NO6S. The molecular weight excluding hydrogens is 418 g/mol. The second kappa shape index (κ2) is 9.85. The highest BCUT2D eigenvalue weighted by molar-refractivity contribution is 7.91. The summed E-state index contributed by atoms with van der Waals surface area (Å²) < 4.78 is 34.3. The Morgan fingerprint density at radius 3 is 2.65 bits per heavy atom. The van der Waals surface area contributed by atoms with Gasteiger partial charge >= 0.3 is 5.63 Å². The summed E-state index contributed by atoms with van der Waals surface area (Å²) >= 11 is 0. The molecule has 1 saturated heterocycles. The van der Waals surface area contributed by atoms with E-state index in [-0.39, 0.29) is 35.7 Å².